The second-order valence-corrected chi connectivity index (χ2v) is 11.3. The van der Waals surface area contributed by atoms with Crippen LogP contribution in [0.1, 0.15) is 76.5 Å². The maximum atomic E-state index is 13.2. The molecule has 10 nitrogen and oxygen atoms in total. The van der Waals surface area contributed by atoms with Crippen LogP contribution < -0.4 is 20.5 Å². The van der Waals surface area contributed by atoms with Crippen molar-refractivity contribution in [2.45, 2.75) is 63.2 Å². The van der Waals surface area contributed by atoms with Gasteiger partial charge in [0.25, 0.3) is 11.8 Å². The number of hydrogen-bond acceptors (Lipinski definition) is 7. The van der Waals surface area contributed by atoms with Gasteiger partial charge in [0.05, 0.1) is 5.69 Å². The molecule has 3 fully saturated rings. The average molecular weight is 539 g/mol. The first-order chi connectivity index (χ1) is 19.5. The van der Waals surface area contributed by atoms with Crippen molar-refractivity contribution in [2.24, 2.45) is 11.1 Å². The molecule has 3 aliphatic carbocycles. The molecule has 10 heteroatoms. The lowest BCUT2D eigenvalue weighted by Crippen LogP contribution is -2.58. The van der Waals surface area contributed by atoms with Gasteiger partial charge >= 0.3 is 0 Å². The number of benzene rings is 1. The monoisotopic (exact) mass is 538 g/mol. The quantitative estimate of drug-likeness (QED) is 0.331. The Morgan fingerprint density at radius 1 is 1.02 bits per heavy atom. The number of aromatic nitrogens is 4. The zero-order valence-corrected chi connectivity index (χ0v) is 22.0. The first-order valence-electron chi connectivity index (χ1n) is 13.8. The first-order valence-corrected chi connectivity index (χ1v) is 13.8. The Kier molecular flexibility index (Phi) is 5.91. The van der Waals surface area contributed by atoms with Crippen molar-refractivity contribution >= 4 is 17.3 Å². The number of pyridine rings is 2. The molecule has 3 aliphatic rings. The molecular weight excluding hydrogens is 508 g/mol. The Hall–Kier alpha value is -4.47. The number of carbonyl (C=O) groups excluding carboxylic acids is 2. The summed E-state index contributed by atoms with van der Waals surface area (Å²) < 4.78 is 13.9. The minimum absolute atomic E-state index is 0.00918. The van der Waals surface area contributed by atoms with Gasteiger partial charge in [-0.15, -0.1) is 5.10 Å². The molecule has 0 atom stereocenters. The molecule has 204 valence electrons. The molecule has 7 rings (SSSR count). The van der Waals surface area contributed by atoms with E-state index >= 15 is 0 Å². The van der Waals surface area contributed by atoms with Crippen LogP contribution in [0.4, 0.5) is 0 Å². The van der Waals surface area contributed by atoms with Gasteiger partial charge in [0.1, 0.15) is 29.5 Å². The van der Waals surface area contributed by atoms with E-state index in [9.17, 15) is 9.59 Å². The van der Waals surface area contributed by atoms with E-state index in [0.717, 1.165) is 55.5 Å². The van der Waals surface area contributed by atoms with E-state index in [1.54, 1.807) is 22.8 Å². The summed E-state index contributed by atoms with van der Waals surface area (Å²) in [6.07, 6.45) is 7.21. The van der Waals surface area contributed by atoms with Gasteiger partial charge < -0.3 is 20.5 Å². The van der Waals surface area contributed by atoms with E-state index in [1.807, 2.05) is 42.5 Å². The van der Waals surface area contributed by atoms with Crippen LogP contribution in [0, 0.1) is 5.41 Å². The predicted octanol–water partition coefficient (Wildman–Crippen LogP) is 3.80. The largest absolute Gasteiger partial charge is 0.487 e. The summed E-state index contributed by atoms with van der Waals surface area (Å²) in [4.78, 5) is 29.0. The predicted molar refractivity (Wildman–Crippen MR) is 145 cm³/mol. The smallest absolute Gasteiger partial charge is 0.274 e. The third-order valence-corrected chi connectivity index (χ3v) is 8.32. The number of ether oxygens (including phenoxy) is 2. The topological polar surface area (TPSA) is 134 Å². The van der Waals surface area contributed by atoms with E-state index < -0.39 is 5.91 Å². The Morgan fingerprint density at radius 3 is 2.58 bits per heavy atom. The maximum Gasteiger partial charge on any atom is 0.274 e. The molecule has 3 heterocycles. The lowest BCUT2D eigenvalue weighted by molar-refractivity contribution is -0.0848. The fraction of sp³-hybridized carbons (Fsp3) is 0.367. The van der Waals surface area contributed by atoms with Crippen LogP contribution in [0.3, 0.4) is 0 Å². The molecule has 0 saturated heterocycles. The van der Waals surface area contributed by atoms with Gasteiger partial charge in [-0.05, 0) is 73.8 Å². The molecule has 1 spiro atoms. The summed E-state index contributed by atoms with van der Waals surface area (Å²) in [6, 6.07) is 17.2. The molecular formula is C30H30N6O4. The molecule has 3 saturated carbocycles. The molecule has 0 bridgehead atoms. The number of amides is 2. The van der Waals surface area contributed by atoms with Gasteiger partial charge in [-0.25, -0.2) is 9.50 Å². The lowest BCUT2D eigenvalue weighted by Gasteiger charge is -2.57. The van der Waals surface area contributed by atoms with Crippen molar-refractivity contribution in [2.75, 3.05) is 0 Å². The van der Waals surface area contributed by atoms with Crippen LogP contribution in [0.15, 0.2) is 60.8 Å². The minimum atomic E-state index is -0.551. The number of rotatable bonds is 9. The van der Waals surface area contributed by atoms with Crippen LogP contribution in [-0.4, -0.2) is 43.8 Å². The number of nitrogens with two attached hydrogens (primary N) is 1. The van der Waals surface area contributed by atoms with Crippen LogP contribution >= 0.6 is 0 Å². The third-order valence-electron chi connectivity index (χ3n) is 8.32. The van der Waals surface area contributed by atoms with Gasteiger partial charge in [-0.1, -0.05) is 35.5 Å². The molecule has 2 amide bonds. The highest BCUT2D eigenvalue weighted by atomic mass is 16.5. The van der Waals surface area contributed by atoms with Crippen LogP contribution in [0.5, 0.6) is 11.6 Å². The number of nitrogens with one attached hydrogen (secondary N) is 1. The number of primary amides is 1. The van der Waals surface area contributed by atoms with E-state index in [2.05, 4.69) is 20.6 Å². The molecule has 3 N–H and O–H groups in total. The van der Waals surface area contributed by atoms with E-state index in [-0.39, 0.29) is 29.3 Å². The Bertz CT molecular complexity index is 1580. The summed E-state index contributed by atoms with van der Waals surface area (Å²) >= 11 is 0. The first kappa shape index (κ1) is 24.6. The lowest BCUT2D eigenvalue weighted by atomic mass is 9.53. The highest BCUT2D eigenvalue weighted by molar-refractivity contribution is 5.99. The summed E-state index contributed by atoms with van der Waals surface area (Å²) in [7, 11) is 0. The SMILES string of the molecule is NC(=O)c1cccnc1OC1CC2(CC(NC(=O)c3nnn4c(C5CC5)c(OCc5ccccc5)ccc34)C2)C1. The Balaban J connectivity index is 0.977. The standard InChI is InChI=1S/C30H30N6O4/c31-27(37)22-7-4-12-32-29(22)40-21-15-30(16-21)13-20(14-30)33-28(38)25-23-10-11-24(39-17-18-5-2-1-3-6-18)26(19-8-9-19)36(23)35-34-25/h1-7,10-12,19-21H,8-9,13-17H2,(H2,31,37)(H,33,38). The van der Waals surface area contributed by atoms with Gasteiger partial charge in [0.15, 0.2) is 5.69 Å². The molecule has 3 aromatic heterocycles. The van der Waals surface area contributed by atoms with Crippen molar-refractivity contribution in [3.8, 4) is 11.6 Å². The van der Waals surface area contributed by atoms with Crippen LogP contribution in [0.2, 0.25) is 0 Å². The van der Waals surface area contributed by atoms with Crippen LogP contribution in [0.25, 0.3) is 5.52 Å². The summed E-state index contributed by atoms with van der Waals surface area (Å²) in [5, 5.41) is 11.8. The molecule has 0 radical (unpaired) electrons. The normalized spacial score (nSPS) is 23.3. The van der Waals surface area contributed by atoms with Crippen molar-refractivity contribution in [3.05, 3.63) is 83.3 Å². The van der Waals surface area contributed by atoms with Gasteiger partial charge in [0.2, 0.25) is 5.88 Å². The molecule has 40 heavy (non-hydrogen) atoms. The van der Waals surface area contributed by atoms with Crippen LogP contribution in [-0.2, 0) is 6.61 Å². The van der Waals surface area contributed by atoms with Crippen molar-refractivity contribution in [1.29, 1.82) is 0 Å². The molecule has 0 aliphatic heterocycles. The summed E-state index contributed by atoms with van der Waals surface area (Å²) in [6.45, 7) is 0.470. The Morgan fingerprint density at radius 2 is 1.82 bits per heavy atom. The minimum Gasteiger partial charge on any atom is -0.487 e. The maximum absolute atomic E-state index is 13.2. The summed E-state index contributed by atoms with van der Waals surface area (Å²) in [5.74, 6) is 0.674. The highest BCUT2D eigenvalue weighted by Crippen LogP contribution is 2.57. The molecule has 1 aromatic carbocycles. The number of hydrogen-bond donors (Lipinski definition) is 2. The van der Waals surface area contributed by atoms with E-state index in [4.69, 9.17) is 15.2 Å². The molecule has 0 unspecified atom stereocenters. The van der Waals surface area contributed by atoms with Gasteiger partial charge in [-0.2, -0.15) is 0 Å². The van der Waals surface area contributed by atoms with Gasteiger partial charge in [-0.3, -0.25) is 9.59 Å². The average Bonchev–Trinajstić information content (AvgIpc) is 3.67. The molecule has 4 aromatic rings. The van der Waals surface area contributed by atoms with E-state index in [0.29, 0.717) is 29.3 Å². The highest BCUT2D eigenvalue weighted by Gasteiger charge is 2.54. The zero-order valence-electron chi connectivity index (χ0n) is 22.0. The second kappa shape index (κ2) is 9.62. The van der Waals surface area contributed by atoms with Gasteiger partial charge in [0, 0.05) is 18.2 Å². The van der Waals surface area contributed by atoms with Crippen molar-refractivity contribution in [3.63, 3.8) is 0 Å². The Labute approximate surface area is 230 Å². The van der Waals surface area contributed by atoms with Crippen molar-refractivity contribution < 1.29 is 19.1 Å². The number of carbonyl (C=O) groups is 2. The fourth-order valence-corrected chi connectivity index (χ4v) is 6.21. The number of nitrogens with zero attached hydrogens (tertiary/aromatic N) is 4. The number of fused-ring (bicyclic) bond motifs is 1. The van der Waals surface area contributed by atoms with Crippen molar-refractivity contribution in [1.82, 2.24) is 25.1 Å². The van der Waals surface area contributed by atoms with E-state index in [1.165, 1.54) is 0 Å². The zero-order chi connectivity index (χ0) is 27.3. The summed E-state index contributed by atoms with van der Waals surface area (Å²) in [5.41, 5.74) is 8.99. The third kappa shape index (κ3) is 4.53. The fourth-order valence-electron chi connectivity index (χ4n) is 6.21. The second-order valence-electron chi connectivity index (χ2n) is 11.3.